The lowest BCUT2D eigenvalue weighted by atomic mass is 9.72. The molecule has 0 aromatic carbocycles. The van der Waals surface area contributed by atoms with Crippen LogP contribution in [-0.4, -0.2) is 52.2 Å². The number of hydrogen-bond acceptors (Lipinski definition) is 5. The Kier molecular flexibility index (Phi) is 3.87. The maximum atomic E-state index is 12.2. The number of piperidine rings is 2. The van der Waals surface area contributed by atoms with E-state index in [2.05, 4.69) is 20.1 Å². The molecule has 3 aliphatic rings. The van der Waals surface area contributed by atoms with Gasteiger partial charge in [-0.2, -0.15) is 0 Å². The lowest BCUT2D eigenvalue weighted by Gasteiger charge is -2.47. The van der Waals surface area contributed by atoms with Crippen LogP contribution in [0.2, 0.25) is 0 Å². The van der Waals surface area contributed by atoms with Gasteiger partial charge in [0.15, 0.2) is 0 Å². The normalized spacial score (nSPS) is 25.3. The number of hydrogen-bond donors (Lipinski definition) is 0. The Morgan fingerprint density at radius 1 is 1.22 bits per heavy atom. The van der Waals surface area contributed by atoms with Gasteiger partial charge in [-0.3, -0.25) is 9.69 Å². The van der Waals surface area contributed by atoms with Gasteiger partial charge in [-0.1, -0.05) is 10.3 Å². The van der Waals surface area contributed by atoms with Gasteiger partial charge in [0.2, 0.25) is 5.91 Å². The summed E-state index contributed by atoms with van der Waals surface area (Å²) in [6.07, 6.45) is 6.83. The zero-order valence-electron chi connectivity index (χ0n) is 14.0. The number of amides is 1. The summed E-state index contributed by atoms with van der Waals surface area (Å²) in [6, 6.07) is 0. The van der Waals surface area contributed by atoms with Crippen LogP contribution in [0.1, 0.15) is 49.9 Å². The molecule has 0 bridgehead atoms. The lowest BCUT2D eigenvalue weighted by Crippen LogP contribution is -2.51. The van der Waals surface area contributed by atoms with Crippen molar-refractivity contribution >= 4 is 5.91 Å². The predicted molar refractivity (Wildman–Crippen MR) is 84.5 cm³/mol. The fourth-order valence-electron chi connectivity index (χ4n) is 4.08. The summed E-state index contributed by atoms with van der Waals surface area (Å²) >= 11 is 0. The summed E-state index contributed by atoms with van der Waals surface area (Å²) in [4.78, 5) is 16.8. The molecule has 23 heavy (non-hydrogen) atoms. The second-order valence-corrected chi connectivity index (χ2v) is 7.79. The number of likely N-dealkylation sites (tertiary alicyclic amines) is 2. The van der Waals surface area contributed by atoms with Crippen molar-refractivity contribution < 1.29 is 9.42 Å². The Morgan fingerprint density at radius 2 is 2.00 bits per heavy atom. The van der Waals surface area contributed by atoms with Gasteiger partial charge in [0.05, 0.1) is 0 Å². The summed E-state index contributed by atoms with van der Waals surface area (Å²) in [6.45, 7) is 6.93. The molecule has 1 aliphatic carbocycles. The van der Waals surface area contributed by atoms with Gasteiger partial charge in [-0.15, -0.1) is 0 Å². The Bertz CT molecular complexity index is 573. The monoisotopic (exact) mass is 318 g/mol. The molecule has 126 valence electrons. The first-order chi connectivity index (χ1) is 11.1. The van der Waals surface area contributed by atoms with Crippen molar-refractivity contribution in [2.45, 2.75) is 52.0 Å². The molecule has 1 spiro atoms. The van der Waals surface area contributed by atoms with E-state index >= 15 is 0 Å². The molecule has 0 unspecified atom stereocenters. The molecular weight excluding hydrogens is 292 g/mol. The minimum atomic E-state index is 0.358. The molecule has 2 saturated heterocycles. The third kappa shape index (κ3) is 3.27. The van der Waals surface area contributed by atoms with E-state index in [1.165, 1.54) is 25.7 Å². The second kappa shape index (κ2) is 5.89. The average Bonchev–Trinajstić information content (AvgIpc) is 3.28. The van der Waals surface area contributed by atoms with E-state index in [1.807, 2.05) is 6.92 Å². The summed E-state index contributed by atoms with van der Waals surface area (Å²) in [5.74, 6) is 1.17. The minimum absolute atomic E-state index is 0.358. The number of carbonyl (C=O) groups excluding carboxylic acids is 1. The molecule has 6 heteroatoms. The Balaban J connectivity index is 1.34. The van der Waals surface area contributed by atoms with Crippen LogP contribution in [0, 0.1) is 18.3 Å². The standard InChI is InChI=1S/C17H26N4O2/c1-13-15(19-23-18-13)11-20-8-6-17(7-9-20)5-4-16(22)21(12-17)10-14-2-3-14/h14H,2-12H2,1H3. The quantitative estimate of drug-likeness (QED) is 0.849. The van der Waals surface area contributed by atoms with E-state index < -0.39 is 0 Å². The molecule has 0 radical (unpaired) electrons. The van der Waals surface area contributed by atoms with Crippen molar-refractivity contribution in [1.29, 1.82) is 0 Å². The molecule has 1 saturated carbocycles. The minimum Gasteiger partial charge on any atom is -0.342 e. The van der Waals surface area contributed by atoms with Gasteiger partial charge in [0.1, 0.15) is 11.4 Å². The summed E-state index contributed by atoms with van der Waals surface area (Å²) in [5.41, 5.74) is 2.20. The molecule has 4 rings (SSSR count). The second-order valence-electron chi connectivity index (χ2n) is 7.79. The van der Waals surface area contributed by atoms with Crippen molar-refractivity contribution in [3.63, 3.8) is 0 Å². The molecule has 1 amide bonds. The van der Waals surface area contributed by atoms with Crippen LogP contribution in [0.5, 0.6) is 0 Å². The molecular formula is C17H26N4O2. The molecule has 6 nitrogen and oxygen atoms in total. The first kappa shape index (κ1) is 15.1. The largest absolute Gasteiger partial charge is 0.342 e. The van der Waals surface area contributed by atoms with E-state index in [0.717, 1.165) is 62.9 Å². The van der Waals surface area contributed by atoms with Crippen LogP contribution in [0.25, 0.3) is 0 Å². The van der Waals surface area contributed by atoms with Crippen molar-refractivity contribution in [1.82, 2.24) is 20.1 Å². The first-order valence-corrected chi connectivity index (χ1v) is 8.92. The molecule has 0 atom stereocenters. The number of rotatable bonds is 4. The predicted octanol–water partition coefficient (Wildman–Crippen LogP) is 1.99. The zero-order valence-corrected chi connectivity index (χ0v) is 14.0. The molecule has 3 fully saturated rings. The van der Waals surface area contributed by atoms with Crippen LogP contribution < -0.4 is 0 Å². The van der Waals surface area contributed by atoms with E-state index in [-0.39, 0.29) is 0 Å². The van der Waals surface area contributed by atoms with Crippen molar-refractivity contribution in [2.75, 3.05) is 26.2 Å². The van der Waals surface area contributed by atoms with Gasteiger partial charge < -0.3 is 4.90 Å². The molecule has 1 aromatic heterocycles. The van der Waals surface area contributed by atoms with Crippen molar-refractivity contribution in [3.05, 3.63) is 11.4 Å². The zero-order chi connectivity index (χ0) is 15.9. The van der Waals surface area contributed by atoms with Crippen LogP contribution in [0.4, 0.5) is 0 Å². The van der Waals surface area contributed by atoms with Gasteiger partial charge in [0.25, 0.3) is 0 Å². The number of aryl methyl sites for hydroxylation is 1. The molecule has 3 heterocycles. The average molecular weight is 318 g/mol. The van der Waals surface area contributed by atoms with Gasteiger partial charge in [-0.05, 0) is 63.5 Å². The van der Waals surface area contributed by atoms with Crippen molar-refractivity contribution in [3.8, 4) is 0 Å². The Hall–Kier alpha value is -1.43. The topological polar surface area (TPSA) is 62.5 Å². The van der Waals surface area contributed by atoms with E-state index in [4.69, 9.17) is 4.63 Å². The SMILES string of the molecule is Cc1nonc1CN1CCC2(CCC(=O)N(CC3CC3)C2)CC1. The van der Waals surface area contributed by atoms with Crippen LogP contribution in [0.3, 0.4) is 0 Å². The van der Waals surface area contributed by atoms with E-state index in [9.17, 15) is 4.79 Å². The van der Waals surface area contributed by atoms with Crippen LogP contribution >= 0.6 is 0 Å². The summed E-state index contributed by atoms with van der Waals surface area (Å²) < 4.78 is 4.79. The number of aromatic nitrogens is 2. The highest BCUT2D eigenvalue weighted by Crippen LogP contribution is 2.42. The Morgan fingerprint density at radius 3 is 2.65 bits per heavy atom. The lowest BCUT2D eigenvalue weighted by molar-refractivity contribution is -0.139. The highest BCUT2D eigenvalue weighted by Gasteiger charge is 2.42. The maximum absolute atomic E-state index is 12.2. The van der Waals surface area contributed by atoms with Crippen molar-refractivity contribution in [2.24, 2.45) is 11.3 Å². The Labute approximate surface area is 137 Å². The first-order valence-electron chi connectivity index (χ1n) is 8.92. The number of carbonyl (C=O) groups is 1. The third-order valence-corrected chi connectivity index (χ3v) is 5.96. The van der Waals surface area contributed by atoms with Gasteiger partial charge >= 0.3 is 0 Å². The fourth-order valence-corrected chi connectivity index (χ4v) is 4.08. The highest BCUT2D eigenvalue weighted by atomic mass is 16.6. The molecule has 1 aromatic rings. The van der Waals surface area contributed by atoms with Crippen LogP contribution in [0.15, 0.2) is 4.63 Å². The summed E-state index contributed by atoms with van der Waals surface area (Å²) in [7, 11) is 0. The van der Waals surface area contributed by atoms with Gasteiger partial charge in [0, 0.05) is 26.1 Å². The molecule has 2 aliphatic heterocycles. The van der Waals surface area contributed by atoms with E-state index in [0.29, 0.717) is 11.3 Å². The van der Waals surface area contributed by atoms with E-state index in [1.54, 1.807) is 0 Å². The summed E-state index contributed by atoms with van der Waals surface area (Å²) in [5, 5.41) is 7.86. The van der Waals surface area contributed by atoms with Gasteiger partial charge in [-0.25, -0.2) is 4.63 Å². The molecule has 0 N–H and O–H groups in total. The highest BCUT2D eigenvalue weighted by molar-refractivity contribution is 5.77. The maximum Gasteiger partial charge on any atom is 0.222 e. The number of nitrogens with zero attached hydrogens (tertiary/aromatic N) is 4. The third-order valence-electron chi connectivity index (χ3n) is 5.96. The van der Waals surface area contributed by atoms with Crippen LogP contribution in [-0.2, 0) is 11.3 Å². The fraction of sp³-hybridized carbons (Fsp3) is 0.824. The smallest absolute Gasteiger partial charge is 0.222 e.